The van der Waals surface area contributed by atoms with Gasteiger partial charge in [0.2, 0.25) is 5.91 Å². The molecule has 1 amide bonds. The number of carbonyl (C=O) groups excluding carboxylic acids is 1. The summed E-state index contributed by atoms with van der Waals surface area (Å²) in [6.07, 6.45) is 7.07. The molecule has 0 radical (unpaired) electrons. The van der Waals surface area contributed by atoms with Gasteiger partial charge in [0.1, 0.15) is 0 Å². The van der Waals surface area contributed by atoms with Gasteiger partial charge in [0.05, 0.1) is 0 Å². The molecule has 0 aromatic carbocycles. The first-order chi connectivity index (χ1) is 8.26. The lowest BCUT2D eigenvalue weighted by atomic mass is 9.78. The normalized spacial score (nSPS) is 34.0. The molecule has 3 unspecified atom stereocenters. The molecule has 3 heteroatoms. The van der Waals surface area contributed by atoms with Crippen LogP contribution in [0.15, 0.2) is 0 Å². The molecule has 0 aromatic rings. The Labute approximate surface area is 105 Å². The fourth-order valence-electron chi connectivity index (χ4n) is 3.42. The van der Waals surface area contributed by atoms with Crippen LogP contribution in [-0.4, -0.2) is 30.4 Å². The van der Waals surface area contributed by atoms with Crippen LogP contribution in [0.3, 0.4) is 0 Å². The molecule has 0 aromatic heterocycles. The molecule has 1 saturated carbocycles. The number of nitrogens with zero attached hydrogens (tertiary/aromatic N) is 1. The quantitative estimate of drug-likeness (QED) is 0.817. The van der Waals surface area contributed by atoms with E-state index in [0.29, 0.717) is 18.4 Å². The number of hydrogen-bond acceptors (Lipinski definition) is 2. The average Bonchev–Trinajstić information content (AvgIpc) is 2.86. The molecule has 0 bridgehead atoms. The molecule has 0 spiro atoms. The van der Waals surface area contributed by atoms with Gasteiger partial charge in [-0.2, -0.15) is 0 Å². The zero-order valence-electron chi connectivity index (χ0n) is 11.0. The molecule has 98 valence electrons. The van der Waals surface area contributed by atoms with E-state index in [4.69, 9.17) is 5.73 Å². The van der Waals surface area contributed by atoms with Gasteiger partial charge in [-0.25, -0.2) is 0 Å². The van der Waals surface area contributed by atoms with Crippen LogP contribution < -0.4 is 5.73 Å². The fourth-order valence-corrected chi connectivity index (χ4v) is 3.42. The van der Waals surface area contributed by atoms with Gasteiger partial charge in [0.25, 0.3) is 0 Å². The standard InChI is InChI=1S/C14H26N2O/c1-2-11-7-8-16(10-11)14(17)13-6-4-3-5-12(13)9-15/h11-13H,2-10,15H2,1H3. The second-order valence-electron chi connectivity index (χ2n) is 5.73. The number of hydrogen-bond donors (Lipinski definition) is 1. The Balaban J connectivity index is 1.94. The summed E-state index contributed by atoms with van der Waals surface area (Å²) < 4.78 is 0. The van der Waals surface area contributed by atoms with Crippen LogP contribution in [0.25, 0.3) is 0 Å². The van der Waals surface area contributed by atoms with E-state index in [1.54, 1.807) is 0 Å². The highest BCUT2D eigenvalue weighted by Gasteiger charge is 2.35. The Morgan fingerprint density at radius 3 is 2.71 bits per heavy atom. The van der Waals surface area contributed by atoms with Crippen molar-refractivity contribution in [2.45, 2.75) is 45.4 Å². The Kier molecular flexibility index (Phi) is 4.43. The van der Waals surface area contributed by atoms with Crippen LogP contribution in [0.2, 0.25) is 0 Å². The largest absolute Gasteiger partial charge is 0.342 e. The van der Waals surface area contributed by atoms with Crippen molar-refractivity contribution in [1.82, 2.24) is 4.90 Å². The summed E-state index contributed by atoms with van der Waals surface area (Å²) in [5.74, 6) is 1.80. The summed E-state index contributed by atoms with van der Waals surface area (Å²) in [6, 6.07) is 0. The molecular formula is C14H26N2O. The smallest absolute Gasteiger partial charge is 0.226 e. The van der Waals surface area contributed by atoms with Gasteiger partial charge in [-0.3, -0.25) is 4.79 Å². The molecule has 2 rings (SSSR count). The van der Waals surface area contributed by atoms with Gasteiger partial charge < -0.3 is 10.6 Å². The molecule has 3 atom stereocenters. The molecule has 1 heterocycles. The Bertz CT molecular complexity index is 267. The molecule has 17 heavy (non-hydrogen) atoms. The van der Waals surface area contributed by atoms with Crippen molar-refractivity contribution in [2.75, 3.05) is 19.6 Å². The SMILES string of the molecule is CCC1CCN(C(=O)C2CCCCC2CN)C1. The first kappa shape index (κ1) is 12.9. The zero-order valence-corrected chi connectivity index (χ0v) is 11.0. The predicted molar refractivity (Wildman–Crippen MR) is 69.5 cm³/mol. The average molecular weight is 238 g/mol. The van der Waals surface area contributed by atoms with Gasteiger partial charge in [-0.1, -0.05) is 26.2 Å². The Morgan fingerprint density at radius 2 is 2.06 bits per heavy atom. The van der Waals surface area contributed by atoms with Gasteiger partial charge in [0, 0.05) is 19.0 Å². The van der Waals surface area contributed by atoms with Gasteiger partial charge in [-0.05, 0) is 37.6 Å². The monoisotopic (exact) mass is 238 g/mol. The third kappa shape index (κ3) is 2.82. The molecule has 2 aliphatic rings. The van der Waals surface area contributed by atoms with Gasteiger partial charge in [-0.15, -0.1) is 0 Å². The molecule has 1 aliphatic carbocycles. The predicted octanol–water partition coefficient (Wildman–Crippen LogP) is 2.01. The van der Waals surface area contributed by atoms with Crippen LogP contribution in [0.5, 0.6) is 0 Å². The number of carbonyl (C=O) groups is 1. The highest BCUT2D eigenvalue weighted by Crippen LogP contribution is 2.32. The first-order valence-electron chi connectivity index (χ1n) is 7.25. The summed E-state index contributed by atoms with van der Waals surface area (Å²) in [5, 5.41) is 0. The summed E-state index contributed by atoms with van der Waals surface area (Å²) in [5.41, 5.74) is 5.81. The van der Waals surface area contributed by atoms with E-state index >= 15 is 0 Å². The van der Waals surface area contributed by atoms with Crippen LogP contribution in [0.4, 0.5) is 0 Å². The maximum absolute atomic E-state index is 12.5. The zero-order chi connectivity index (χ0) is 12.3. The lowest BCUT2D eigenvalue weighted by Gasteiger charge is -2.32. The van der Waals surface area contributed by atoms with Crippen molar-refractivity contribution in [2.24, 2.45) is 23.5 Å². The van der Waals surface area contributed by atoms with E-state index in [0.717, 1.165) is 31.8 Å². The van der Waals surface area contributed by atoms with Crippen molar-refractivity contribution in [3.8, 4) is 0 Å². The van der Waals surface area contributed by atoms with Crippen molar-refractivity contribution in [3.63, 3.8) is 0 Å². The maximum atomic E-state index is 12.5. The lowest BCUT2D eigenvalue weighted by molar-refractivity contribution is -0.137. The topological polar surface area (TPSA) is 46.3 Å². The van der Waals surface area contributed by atoms with Crippen LogP contribution >= 0.6 is 0 Å². The van der Waals surface area contributed by atoms with Crippen LogP contribution in [-0.2, 0) is 4.79 Å². The third-order valence-corrected chi connectivity index (χ3v) is 4.70. The summed E-state index contributed by atoms with van der Waals surface area (Å²) in [7, 11) is 0. The first-order valence-corrected chi connectivity index (χ1v) is 7.25. The number of likely N-dealkylation sites (tertiary alicyclic amines) is 1. The molecule has 1 saturated heterocycles. The Morgan fingerprint density at radius 1 is 1.29 bits per heavy atom. The maximum Gasteiger partial charge on any atom is 0.226 e. The minimum Gasteiger partial charge on any atom is -0.342 e. The molecular weight excluding hydrogens is 212 g/mol. The minimum absolute atomic E-state index is 0.226. The number of nitrogens with two attached hydrogens (primary N) is 1. The van der Waals surface area contributed by atoms with Crippen LogP contribution in [0.1, 0.15) is 45.4 Å². The number of amides is 1. The molecule has 2 N–H and O–H groups in total. The molecule has 1 aliphatic heterocycles. The highest BCUT2D eigenvalue weighted by atomic mass is 16.2. The molecule has 3 nitrogen and oxygen atoms in total. The highest BCUT2D eigenvalue weighted by molar-refractivity contribution is 5.79. The summed E-state index contributed by atoms with van der Waals surface area (Å²) >= 11 is 0. The van der Waals surface area contributed by atoms with E-state index in [1.165, 1.54) is 25.7 Å². The molecule has 2 fully saturated rings. The lowest BCUT2D eigenvalue weighted by Crippen LogP contribution is -2.41. The summed E-state index contributed by atoms with van der Waals surface area (Å²) in [4.78, 5) is 14.6. The summed E-state index contributed by atoms with van der Waals surface area (Å²) in [6.45, 7) is 4.87. The van der Waals surface area contributed by atoms with Gasteiger partial charge >= 0.3 is 0 Å². The van der Waals surface area contributed by atoms with E-state index in [-0.39, 0.29) is 5.92 Å². The van der Waals surface area contributed by atoms with E-state index in [9.17, 15) is 4.79 Å². The second-order valence-corrected chi connectivity index (χ2v) is 5.73. The van der Waals surface area contributed by atoms with Crippen molar-refractivity contribution >= 4 is 5.91 Å². The second kappa shape index (κ2) is 5.85. The van der Waals surface area contributed by atoms with Gasteiger partial charge in [0.15, 0.2) is 0 Å². The van der Waals surface area contributed by atoms with Crippen molar-refractivity contribution < 1.29 is 4.79 Å². The van der Waals surface area contributed by atoms with Crippen LogP contribution in [0, 0.1) is 17.8 Å². The van der Waals surface area contributed by atoms with E-state index in [2.05, 4.69) is 11.8 Å². The van der Waals surface area contributed by atoms with E-state index < -0.39 is 0 Å². The Hall–Kier alpha value is -0.570. The fraction of sp³-hybridized carbons (Fsp3) is 0.929. The minimum atomic E-state index is 0.226. The van der Waals surface area contributed by atoms with Crippen molar-refractivity contribution in [1.29, 1.82) is 0 Å². The van der Waals surface area contributed by atoms with Crippen molar-refractivity contribution in [3.05, 3.63) is 0 Å². The van der Waals surface area contributed by atoms with E-state index in [1.807, 2.05) is 0 Å². The third-order valence-electron chi connectivity index (χ3n) is 4.70. The number of rotatable bonds is 3.